The van der Waals surface area contributed by atoms with E-state index < -0.39 is 15.9 Å². The van der Waals surface area contributed by atoms with Crippen LogP contribution < -0.4 is 0 Å². The van der Waals surface area contributed by atoms with Crippen molar-refractivity contribution < 1.29 is 18.6 Å². The fourth-order valence-electron chi connectivity index (χ4n) is 1.40. The van der Waals surface area contributed by atoms with E-state index in [1.165, 1.54) is 24.3 Å². The lowest BCUT2D eigenvalue weighted by atomic mass is 10.1. The number of rotatable bonds is 5. The number of hydrogen-bond acceptors (Lipinski definition) is 4. The van der Waals surface area contributed by atoms with Crippen molar-refractivity contribution in [3.05, 3.63) is 42.0 Å². The van der Waals surface area contributed by atoms with Gasteiger partial charge in [-0.3, -0.25) is 0 Å². The number of sulfone groups is 1. The van der Waals surface area contributed by atoms with Crippen LogP contribution in [0.15, 0.2) is 41.3 Å². The zero-order chi connectivity index (χ0) is 12.9. The molecule has 0 spiro atoms. The highest BCUT2D eigenvalue weighted by Crippen LogP contribution is 2.12. The van der Waals surface area contributed by atoms with Crippen LogP contribution in [0, 0.1) is 0 Å². The molecule has 0 radical (unpaired) electrons. The molecule has 4 nitrogen and oxygen atoms in total. The lowest BCUT2D eigenvalue weighted by Gasteiger charge is -2.06. The van der Waals surface area contributed by atoms with Crippen molar-refractivity contribution in [3.63, 3.8) is 0 Å². The molecule has 0 aliphatic heterocycles. The Bertz CT molecular complexity index is 474. The molecule has 0 bridgehead atoms. The van der Waals surface area contributed by atoms with E-state index in [2.05, 4.69) is 0 Å². The molecule has 0 saturated carbocycles. The quantitative estimate of drug-likeness (QED) is 0.754. The van der Waals surface area contributed by atoms with Crippen molar-refractivity contribution in [3.8, 4) is 0 Å². The van der Waals surface area contributed by atoms with E-state index in [1.807, 2.05) is 0 Å². The van der Waals surface area contributed by atoms with Crippen LogP contribution in [0.4, 0.5) is 0 Å². The molecule has 1 aromatic carbocycles. The standard InChI is InChI=1S/C12H16O4S/c1-17(15,16)12-6-4-10(5-7-12)9-11(14)3-2-8-13/h2-7,11,13-14H,8-9H2,1H3. The Morgan fingerprint density at radius 2 is 1.88 bits per heavy atom. The minimum Gasteiger partial charge on any atom is -0.392 e. The predicted octanol–water partition coefficient (Wildman–Crippen LogP) is 0.542. The molecular formula is C12H16O4S. The average Bonchev–Trinajstić information content (AvgIpc) is 2.26. The highest BCUT2D eigenvalue weighted by Gasteiger charge is 2.07. The van der Waals surface area contributed by atoms with Crippen LogP contribution in [-0.2, 0) is 16.3 Å². The summed E-state index contributed by atoms with van der Waals surface area (Å²) in [5.74, 6) is 0. The van der Waals surface area contributed by atoms with Gasteiger partial charge in [-0.25, -0.2) is 8.42 Å². The molecule has 2 N–H and O–H groups in total. The summed E-state index contributed by atoms with van der Waals surface area (Å²) in [7, 11) is -3.17. The van der Waals surface area contributed by atoms with Gasteiger partial charge >= 0.3 is 0 Å². The average molecular weight is 256 g/mol. The highest BCUT2D eigenvalue weighted by atomic mass is 32.2. The van der Waals surface area contributed by atoms with Gasteiger partial charge in [-0.05, 0) is 17.7 Å². The summed E-state index contributed by atoms with van der Waals surface area (Å²) in [5, 5.41) is 18.1. The molecular weight excluding hydrogens is 240 g/mol. The van der Waals surface area contributed by atoms with Crippen LogP contribution >= 0.6 is 0 Å². The van der Waals surface area contributed by atoms with E-state index in [0.29, 0.717) is 6.42 Å². The monoisotopic (exact) mass is 256 g/mol. The van der Waals surface area contributed by atoms with Gasteiger partial charge in [-0.2, -0.15) is 0 Å². The van der Waals surface area contributed by atoms with E-state index in [4.69, 9.17) is 5.11 Å². The van der Waals surface area contributed by atoms with Gasteiger partial charge in [0.05, 0.1) is 17.6 Å². The van der Waals surface area contributed by atoms with Crippen LogP contribution in [-0.4, -0.2) is 37.6 Å². The molecule has 0 saturated heterocycles. The first-order chi connectivity index (χ1) is 7.93. The molecule has 0 aliphatic rings. The van der Waals surface area contributed by atoms with E-state index >= 15 is 0 Å². The fourth-order valence-corrected chi connectivity index (χ4v) is 2.03. The maximum atomic E-state index is 11.2. The third kappa shape index (κ3) is 4.68. The van der Waals surface area contributed by atoms with E-state index in [1.54, 1.807) is 12.1 Å². The first kappa shape index (κ1) is 13.9. The van der Waals surface area contributed by atoms with Crippen molar-refractivity contribution in [1.29, 1.82) is 0 Å². The minimum atomic E-state index is -3.17. The number of aliphatic hydroxyl groups excluding tert-OH is 2. The zero-order valence-electron chi connectivity index (χ0n) is 9.57. The van der Waals surface area contributed by atoms with Gasteiger partial charge in [0, 0.05) is 12.7 Å². The Morgan fingerprint density at radius 3 is 2.35 bits per heavy atom. The lowest BCUT2D eigenvalue weighted by molar-refractivity contribution is 0.222. The molecule has 94 valence electrons. The van der Waals surface area contributed by atoms with Crippen LogP contribution in [0.25, 0.3) is 0 Å². The van der Waals surface area contributed by atoms with E-state index in [0.717, 1.165) is 11.8 Å². The molecule has 1 unspecified atom stereocenters. The number of benzene rings is 1. The Kier molecular flexibility index (Phi) is 4.86. The second-order valence-electron chi connectivity index (χ2n) is 3.80. The van der Waals surface area contributed by atoms with Crippen molar-refractivity contribution in [1.82, 2.24) is 0 Å². The second kappa shape index (κ2) is 5.95. The number of aliphatic hydroxyl groups is 2. The SMILES string of the molecule is CS(=O)(=O)c1ccc(CC(O)C=CCO)cc1. The van der Waals surface area contributed by atoms with Gasteiger partial charge in [-0.1, -0.05) is 24.3 Å². The van der Waals surface area contributed by atoms with E-state index in [9.17, 15) is 13.5 Å². The first-order valence-electron chi connectivity index (χ1n) is 5.18. The minimum absolute atomic E-state index is 0.107. The third-order valence-electron chi connectivity index (χ3n) is 2.26. The molecule has 0 heterocycles. The van der Waals surface area contributed by atoms with Gasteiger partial charge in [0.25, 0.3) is 0 Å². The summed E-state index contributed by atoms with van der Waals surface area (Å²) < 4.78 is 22.4. The van der Waals surface area contributed by atoms with Gasteiger partial charge in [0.15, 0.2) is 9.84 Å². The van der Waals surface area contributed by atoms with Crippen LogP contribution in [0.3, 0.4) is 0 Å². The summed E-state index contributed by atoms with van der Waals surface area (Å²) in [5.41, 5.74) is 0.840. The van der Waals surface area contributed by atoms with Gasteiger partial charge in [0.1, 0.15) is 0 Å². The largest absolute Gasteiger partial charge is 0.392 e. The van der Waals surface area contributed by atoms with Crippen molar-refractivity contribution in [2.45, 2.75) is 17.4 Å². The van der Waals surface area contributed by atoms with E-state index in [-0.39, 0.29) is 11.5 Å². The van der Waals surface area contributed by atoms with Crippen molar-refractivity contribution in [2.24, 2.45) is 0 Å². The molecule has 1 aromatic rings. The van der Waals surface area contributed by atoms with Gasteiger partial charge < -0.3 is 10.2 Å². The molecule has 0 aromatic heterocycles. The molecule has 0 fully saturated rings. The van der Waals surface area contributed by atoms with Crippen LogP contribution in [0.1, 0.15) is 5.56 Å². The Hall–Kier alpha value is -1.17. The van der Waals surface area contributed by atoms with Gasteiger partial charge in [0.2, 0.25) is 0 Å². The Morgan fingerprint density at radius 1 is 1.29 bits per heavy atom. The van der Waals surface area contributed by atoms with Crippen LogP contribution in [0.5, 0.6) is 0 Å². The maximum Gasteiger partial charge on any atom is 0.175 e. The highest BCUT2D eigenvalue weighted by molar-refractivity contribution is 7.90. The lowest BCUT2D eigenvalue weighted by Crippen LogP contribution is -2.07. The maximum absolute atomic E-state index is 11.2. The molecule has 1 rings (SSSR count). The molecule has 0 amide bonds. The first-order valence-corrected chi connectivity index (χ1v) is 7.07. The molecule has 5 heteroatoms. The van der Waals surface area contributed by atoms with Crippen molar-refractivity contribution >= 4 is 9.84 Å². The molecule has 0 aliphatic carbocycles. The summed E-state index contributed by atoms with van der Waals surface area (Å²) in [6, 6.07) is 6.39. The van der Waals surface area contributed by atoms with Gasteiger partial charge in [-0.15, -0.1) is 0 Å². The molecule has 17 heavy (non-hydrogen) atoms. The summed E-state index contributed by atoms with van der Waals surface area (Å²) >= 11 is 0. The third-order valence-corrected chi connectivity index (χ3v) is 3.39. The summed E-state index contributed by atoms with van der Waals surface area (Å²) in [6.07, 6.45) is 3.84. The molecule has 1 atom stereocenters. The van der Waals surface area contributed by atoms with Crippen LogP contribution in [0.2, 0.25) is 0 Å². The Labute approximate surface area is 101 Å². The second-order valence-corrected chi connectivity index (χ2v) is 5.81. The summed E-state index contributed by atoms with van der Waals surface area (Å²) in [4.78, 5) is 0.265. The predicted molar refractivity (Wildman–Crippen MR) is 65.5 cm³/mol. The zero-order valence-corrected chi connectivity index (χ0v) is 10.4. The van der Waals surface area contributed by atoms with Crippen molar-refractivity contribution in [2.75, 3.05) is 12.9 Å². The normalized spacial score (nSPS) is 14.1. The smallest absolute Gasteiger partial charge is 0.175 e. The Balaban J connectivity index is 2.72. The summed E-state index contributed by atoms with van der Waals surface area (Å²) in [6.45, 7) is -0.107. The topological polar surface area (TPSA) is 74.6 Å². The number of hydrogen-bond donors (Lipinski definition) is 2. The fraction of sp³-hybridized carbons (Fsp3) is 0.333.